The van der Waals surface area contributed by atoms with Crippen molar-refractivity contribution in [1.82, 2.24) is 0 Å². The van der Waals surface area contributed by atoms with Crippen LogP contribution in [0.5, 0.6) is 11.5 Å². The van der Waals surface area contributed by atoms with Crippen molar-refractivity contribution in [2.24, 2.45) is 10.7 Å². The second kappa shape index (κ2) is 5.75. The van der Waals surface area contributed by atoms with Crippen LogP contribution >= 0.6 is 0 Å². The average molecular weight is 283 g/mol. The number of nitrogens with zero attached hydrogens (tertiary/aromatic N) is 1. The fourth-order valence-corrected chi connectivity index (χ4v) is 2.13. The summed E-state index contributed by atoms with van der Waals surface area (Å²) in [6, 6.07) is 13.7. The Balaban J connectivity index is 1.65. The van der Waals surface area contributed by atoms with Gasteiger partial charge in [-0.25, -0.2) is 4.99 Å². The summed E-state index contributed by atoms with van der Waals surface area (Å²) in [7, 11) is 0. The maximum Gasteiger partial charge on any atom is 0.231 e. The van der Waals surface area contributed by atoms with Crippen molar-refractivity contribution in [2.75, 3.05) is 12.1 Å². The zero-order valence-electron chi connectivity index (χ0n) is 11.8. The smallest absolute Gasteiger partial charge is 0.231 e. The standard InChI is InChI=1S/C16H17N3O2/c1-11-3-2-4-13(7-11)19-16(17)18-9-12-5-6-14-15(8-12)21-10-20-14/h2-8H,9-10H2,1H3,(H3,17,18,19). The first-order chi connectivity index (χ1) is 10.2. The number of nitrogens with two attached hydrogens (primary N) is 1. The van der Waals surface area contributed by atoms with Gasteiger partial charge >= 0.3 is 0 Å². The Hall–Kier alpha value is -2.69. The zero-order valence-corrected chi connectivity index (χ0v) is 11.8. The highest BCUT2D eigenvalue weighted by molar-refractivity contribution is 5.92. The van der Waals surface area contributed by atoms with E-state index in [0.29, 0.717) is 12.5 Å². The van der Waals surface area contributed by atoms with Crippen LogP contribution in [0, 0.1) is 6.92 Å². The molecule has 0 unspecified atom stereocenters. The number of aliphatic imine (C=N–C) groups is 1. The number of nitrogens with one attached hydrogen (secondary N) is 1. The summed E-state index contributed by atoms with van der Waals surface area (Å²) >= 11 is 0. The lowest BCUT2D eigenvalue weighted by molar-refractivity contribution is 0.174. The molecule has 1 aliphatic heterocycles. The van der Waals surface area contributed by atoms with Crippen LogP contribution in [0.1, 0.15) is 11.1 Å². The molecule has 2 aromatic carbocycles. The monoisotopic (exact) mass is 283 g/mol. The van der Waals surface area contributed by atoms with Crippen LogP contribution in [0.2, 0.25) is 0 Å². The number of rotatable bonds is 3. The molecule has 1 heterocycles. The molecule has 0 saturated carbocycles. The summed E-state index contributed by atoms with van der Waals surface area (Å²) in [4.78, 5) is 4.33. The zero-order chi connectivity index (χ0) is 14.7. The number of hydrogen-bond donors (Lipinski definition) is 2. The van der Waals surface area contributed by atoms with Crippen LogP contribution in [0.25, 0.3) is 0 Å². The first-order valence-corrected chi connectivity index (χ1v) is 6.73. The quantitative estimate of drug-likeness (QED) is 0.671. The summed E-state index contributed by atoms with van der Waals surface area (Å²) in [5.41, 5.74) is 9.02. The first-order valence-electron chi connectivity index (χ1n) is 6.73. The number of benzene rings is 2. The van der Waals surface area contributed by atoms with Gasteiger partial charge in [0.1, 0.15) is 0 Å². The third kappa shape index (κ3) is 3.25. The number of guanidine groups is 1. The average Bonchev–Trinajstić information content (AvgIpc) is 2.92. The molecule has 3 N–H and O–H groups in total. The molecule has 0 bridgehead atoms. The maximum absolute atomic E-state index is 5.90. The van der Waals surface area contributed by atoms with Crippen LogP contribution in [-0.4, -0.2) is 12.8 Å². The predicted octanol–water partition coefficient (Wildman–Crippen LogP) is 2.65. The van der Waals surface area contributed by atoms with E-state index in [1.54, 1.807) is 0 Å². The summed E-state index contributed by atoms with van der Waals surface area (Å²) in [5.74, 6) is 1.92. The van der Waals surface area contributed by atoms with E-state index in [0.717, 1.165) is 22.7 Å². The lowest BCUT2D eigenvalue weighted by Gasteiger charge is -2.06. The minimum absolute atomic E-state index is 0.277. The Kier molecular flexibility index (Phi) is 3.64. The van der Waals surface area contributed by atoms with E-state index in [9.17, 15) is 0 Å². The van der Waals surface area contributed by atoms with E-state index >= 15 is 0 Å². The molecular formula is C16H17N3O2. The minimum Gasteiger partial charge on any atom is -0.454 e. The summed E-state index contributed by atoms with van der Waals surface area (Å²) in [6.07, 6.45) is 0. The van der Waals surface area contributed by atoms with Crippen molar-refractivity contribution in [2.45, 2.75) is 13.5 Å². The van der Waals surface area contributed by atoms with Crippen molar-refractivity contribution >= 4 is 11.6 Å². The number of hydrogen-bond acceptors (Lipinski definition) is 3. The van der Waals surface area contributed by atoms with E-state index in [-0.39, 0.29) is 6.79 Å². The molecule has 0 aromatic heterocycles. The summed E-state index contributed by atoms with van der Waals surface area (Å²) in [6.45, 7) is 2.80. The fraction of sp³-hybridized carbons (Fsp3) is 0.188. The Morgan fingerprint density at radius 2 is 2.05 bits per heavy atom. The van der Waals surface area contributed by atoms with Crippen LogP contribution in [0.15, 0.2) is 47.5 Å². The molecule has 0 spiro atoms. The Morgan fingerprint density at radius 3 is 2.90 bits per heavy atom. The van der Waals surface area contributed by atoms with E-state index in [4.69, 9.17) is 15.2 Å². The van der Waals surface area contributed by atoms with Gasteiger partial charge in [-0.2, -0.15) is 0 Å². The lowest BCUT2D eigenvalue weighted by Crippen LogP contribution is -2.22. The van der Waals surface area contributed by atoms with Gasteiger partial charge in [0.2, 0.25) is 6.79 Å². The molecule has 0 aliphatic carbocycles. The normalized spacial score (nSPS) is 13.3. The SMILES string of the molecule is Cc1cccc(NC(N)=NCc2ccc3c(c2)OCO3)c1. The van der Waals surface area contributed by atoms with Gasteiger partial charge in [-0.3, -0.25) is 0 Å². The van der Waals surface area contributed by atoms with Crippen molar-refractivity contribution in [3.63, 3.8) is 0 Å². The van der Waals surface area contributed by atoms with Crippen molar-refractivity contribution in [3.05, 3.63) is 53.6 Å². The van der Waals surface area contributed by atoms with E-state index < -0.39 is 0 Å². The molecule has 5 heteroatoms. The molecular weight excluding hydrogens is 266 g/mol. The summed E-state index contributed by atoms with van der Waals surface area (Å²) < 4.78 is 10.6. The van der Waals surface area contributed by atoms with Crippen LogP contribution in [-0.2, 0) is 6.54 Å². The van der Waals surface area contributed by atoms with Gasteiger partial charge < -0.3 is 20.5 Å². The van der Waals surface area contributed by atoms with Crippen LogP contribution in [0.4, 0.5) is 5.69 Å². The molecule has 0 radical (unpaired) electrons. The molecule has 0 atom stereocenters. The van der Waals surface area contributed by atoms with E-state index in [1.165, 1.54) is 5.56 Å². The van der Waals surface area contributed by atoms with Gasteiger partial charge in [0.25, 0.3) is 0 Å². The second-order valence-electron chi connectivity index (χ2n) is 4.88. The third-order valence-corrected chi connectivity index (χ3v) is 3.16. The first kappa shape index (κ1) is 13.3. The number of aryl methyl sites for hydroxylation is 1. The predicted molar refractivity (Wildman–Crippen MR) is 82.7 cm³/mol. The Labute approximate surface area is 123 Å². The van der Waals surface area contributed by atoms with E-state index in [2.05, 4.69) is 10.3 Å². The molecule has 0 fully saturated rings. The van der Waals surface area contributed by atoms with Gasteiger partial charge in [0, 0.05) is 5.69 Å². The van der Waals surface area contributed by atoms with E-state index in [1.807, 2.05) is 49.4 Å². The molecule has 0 saturated heterocycles. The van der Waals surface area contributed by atoms with Gasteiger partial charge in [-0.15, -0.1) is 0 Å². The fourth-order valence-electron chi connectivity index (χ4n) is 2.13. The maximum atomic E-state index is 5.90. The number of anilines is 1. The molecule has 3 rings (SSSR count). The topological polar surface area (TPSA) is 68.9 Å². The molecule has 2 aromatic rings. The highest BCUT2D eigenvalue weighted by Gasteiger charge is 2.12. The van der Waals surface area contributed by atoms with Crippen molar-refractivity contribution in [3.8, 4) is 11.5 Å². The largest absolute Gasteiger partial charge is 0.454 e. The molecule has 108 valence electrons. The Bertz CT molecular complexity index is 683. The van der Waals surface area contributed by atoms with Crippen LogP contribution in [0.3, 0.4) is 0 Å². The van der Waals surface area contributed by atoms with Gasteiger partial charge in [-0.1, -0.05) is 18.2 Å². The van der Waals surface area contributed by atoms with Crippen molar-refractivity contribution in [1.29, 1.82) is 0 Å². The molecule has 0 amide bonds. The lowest BCUT2D eigenvalue weighted by atomic mass is 10.2. The number of ether oxygens (including phenoxy) is 2. The number of fused-ring (bicyclic) bond motifs is 1. The van der Waals surface area contributed by atoms with Gasteiger partial charge in [-0.05, 0) is 42.3 Å². The molecule has 21 heavy (non-hydrogen) atoms. The highest BCUT2D eigenvalue weighted by Crippen LogP contribution is 2.32. The molecule has 1 aliphatic rings. The minimum atomic E-state index is 0.277. The van der Waals surface area contributed by atoms with Gasteiger partial charge in [0.15, 0.2) is 17.5 Å². The van der Waals surface area contributed by atoms with Crippen molar-refractivity contribution < 1.29 is 9.47 Å². The molecule has 5 nitrogen and oxygen atoms in total. The van der Waals surface area contributed by atoms with Gasteiger partial charge in [0.05, 0.1) is 6.54 Å². The summed E-state index contributed by atoms with van der Waals surface area (Å²) in [5, 5.41) is 3.08. The van der Waals surface area contributed by atoms with Crippen LogP contribution < -0.4 is 20.5 Å². The second-order valence-corrected chi connectivity index (χ2v) is 4.88. The third-order valence-electron chi connectivity index (χ3n) is 3.16. The Morgan fingerprint density at radius 1 is 1.19 bits per heavy atom. The highest BCUT2D eigenvalue weighted by atomic mass is 16.7.